The molecular formula is C24H32O8. The summed E-state index contributed by atoms with van der Waals surface area (Å²) >= 11 is 0. The molecule has 8 nitrogen and oxygen atoms in total. The first-order valence-corrected chi connectivity index (χ1v) is 11.9. The zero-order valence-electron chi connectivity index (χ0n) is 18.9. The lowest BCUT2D eigenvalue weighted by molar-refractivity contribution is -0.180. The lowest BCUT2D eigenvalue weighted by Crippen LogP contribution is -2.68. The maximum atomic E-state index is 13.1. The molecule has 0 aromatic heterocycles. The number of esters is 1. The highest BCUT2D eigenvalue weighted by Gasteiger charge is 2.91. The van der Waals surface area contributed by atoms with E-state index in [1.54, 1.807) is 0 Å². The predicted molar refractivity (Wildman–Crippen MR) is 108 cm³/mol. The number of carboxylic acids is 1. The Balaban J connectivity index is 1.44. The lowest BCUT2D eigenvalue weighted by atomic mass is 9.41. The minimum atomic E-state index is -1.11. The normalized spacial score (nSPS) is 56.8. The van der Waals surface area contributed by atoms with Crippen LogP contribution in [0, 0.1) is 28.6 Å². The van der Waals surface area contributed by atoms with Crippen molar-refractivity contribution in [3.05, 3.63) is 0 Å². The maximum Gasteiger partial charge on any atom is 0.309 e. The average Bonchev–Trinajstić information content (AvgIpc) is 3.63. The monoisotopic (exact) mass is 448 g/mol. The van der Waals surface area contributed by atoms with Crippen LogP contribution in [0.3, 0.4) is 0 Å². The zero-order valence-corrected chi connectivity index (χ0v) is 18.9. The molecule has 8 heteroatoms. The molecule has 0 radical (unpaired) electrons. The first-order valence-electron chi connectivity index (χ1n) is 11.9. The topological polar surface area (TPSA) is 126 Å². The summed E-state index contributed by atoms with van der Waals surface area (Å²) in [6.45, 7) is 4.23. The van der Waals surface area contributed by atoms with E-state index in [1.165, 1.54) is 7.11 Å². The van der Waals surface area contributed by atoms with Gasteiger partial charge in [-0.25, -0.2) is 0 Å². The van der Waals surface area contributed by atoms with Gasteiger partial charge in [-0.05, 0) is 44.4 Å². The van der Waals surface area contributed by atoms with E-state index in [1.807, 2.05) is 0 Å². The fourth-order valence-corrected chi connectivity index (χ4v) is 9.17. The van der Waals surface area contributed by atoms with Gasteiger partial charge in [0.1, 0.15) is 17.3 Å². The summed E-state index contributed by atoms with van der Waals surface area (Å²) in [5, 5.41) is 20.9. The minimum absolute atomic E-state index is 0.00754. The van der Waals surface area contributed by atoms with E-state index in [4.69, 9.17) is 14.2 Å². The van der Waals surface area contributed by atoms with Crippen molar-refractivity contribution in [2.24, 2.45) is 28.6 Å². The summed E-state index contributed by atoms with van der Waals surface area (Å²) in [4.78, 5) is 36.9. The van der Waals surface area contributed by atoms with E-state index in [0.717, 1.165) is 6.42 Å². The number of ketones is 1. The van der Waals surface area contributed by atoms with Crippen molar-refractivity contribution >= 4 is 17.7 Å². The van der Waals surface area contributed by atoms with Crippen molar-refractivity contribution in [3.8, 4) is 0 Å². The molecule has 2 aliphatic heterocycles. The van der Waals surface area contributed by atoms with E-state index in [9.17, 15) is 24.6 Å². The molecule has 6 fully saturated rings. The number of rotatable bonds is 4. The molecule has 2 heterocycles. The molecule has 0 aromatic rings. The second-order valence-electron chi connectivity index (χ2n) is 11.6. The molecule has 6 rings (SSSR count). The Bertz CT molecular complexity index is 933. The Morgan fingerprint density at radius 2 is 1.94 bits per heavy atom. The summed E-state index contributed by atoms with van der Waals surface area (Å²) in [5.41, 5.74) is -3.26. The average molecular weight is 449 g/mol. The van der Waals surface area contributed by atoms with Gasteiger partial charge in [0.05, 0.1) is 24.7 Å². The fraction of sp³-hybridized carbons (Fsp3) is 0.875. The summed E-state index contributed by atoms with van der Waals surface area (Å²) in [6.07, 6.45) is 2.95. The maximum absolute atomic E-state index is 13.1. The number of hydrogen-bond donors (Lipinski definition) is 2. The Labute approximate surface area is 187 Å². The van der Waals surface area contributed by atoms with Gasteiger partial charge in [0, 0.05) is 29.6 Å². The molecule has 0 aromatic carbocycles. The number of aliphatic hydroxyl groups is 1. The third-order valence-corrected chi connectivity index (χ3v) is 10.9. The van der Waals surface area contributed by atoms with Gasteiger partial charge in [-0.2, -0.15) is 0 Å². The SMILES string of the molecule is COC(=O)[C@@H]1C[C@@]23O[C@@H]2C(=O)CC[C@]3(C)[C@@]23O[C@@H]2C[C@@]2(C)[C@@H](CC[C@@]2(O)CCC(=O)O)[C@H]13. The second kappa shape index (κ2) is 5.94. The molecule has 176 valence electrons. The van der Waals surface area contributed by atoms with Crippen LogP contribution in [0.15, 0.2) is 0 Å². The third kappa shape index (κ3) is 2.09. The Morgan fingerprint density at radius 1 is 1.19 bits per heavy atom. The molecule has 4 saturated carbocycles. The van der Waals surface area contributed by atoms with E-state index in [-0.39, 0.29) is 47.9 Å². The number of Topliss-reactive ketones (excluding diaryl/α,β-unsaturated/α-hetero) is 1. The van der Waals surface area contributed by atoms with E-state index in [2.05, 4.69) is 13.8 Å². The summed E-state index contributed by atoms with van der Waals surface area (Å²) in [6, 6.07) is 0. The molecule has 2 N–H and O–H groups in total. The third-order valence-electron chi connectivity index (χ3n) is 10.9. The lowest BCUT2D eigenvalue weighted by Gasteiger charge is -2.59. The number of hydrogen-bond acceptors (Lipinski definition) is 7. The molecule has 32 heavy (non-hydrogen) atoms. The fourth-order valence-electron chi connectivity index (χ4n) is 9.17. The number of carbonyl (C=O) groups is 3. The van der Waals surface area contributed by atoms with Crippen molar-refractivity contribution in [3.63, 3.8) is 0 Å². The molecule has 0 bridgehead atoms. The largest absolute Gasteiger partial charge is 0.481 e. The highest BCUT2D eigenvalue weighted by atomic mass is 16.6. The van der Waals surface area contributed by atoms with Crippen LogP contribution in [0.4, 0.5) is 0 Å². The molecule has 0 unspecified atom stereocenters. The first-order chi connectivity index (χ1) is 15.0. The van der Waals surface area contributed by atoms with Crippen molar-refractivity contribution in [2.45, 2.75) is 94.2 Å². The van der Waals surface area contributed by atoms with Crippen LogP contribution in [0.5, 0.6) is 0 Å². The van der Waals surface area contributed by atoms with Crippen molar-refractivity contribution < 1.29 is 38.8 Å². The quantitative estimate of drug-likeness (QED) is 0.493. The van der Waals surface area contributed by atoms with Crippen molar-refractivity contribution in [1.29, 1.82) is 0 Å². The van der Waals surface area contributed by atoms with Crippen molar-refractivity contribution in [2.75, 3.05) is 7.11 Å². The van der Waals surface area contributed by atoms with E-state index >= 15 is 0 Å². The number of carboxylic acid groups (broad SMARTS) is 1. The van der Waals surface area contributed by atoms with Crippen LogP contribution in [0.25, 0.3) is 0 Å². The number of aliphatic carboxylic acids is 1. The van der Waals surface area contributed by atoms with Crippen LogP contribution in [-0.4, -0.2) is 64.1 Å². The molecule has 6 aliphatic rings. The van der Waals surface area contributed by atoms with Gasteiger partial charge in [-0.3, -0.25) is 14.4 Å². The Hall–Kier alpha value is -1.51. The van der Waals surface area contributed by atoms with Gasteiger partial charge in [-0.1, -0.05) is 13.8 Å². The summed E-state index contributed by atoms with van der Waals surface area (Å²) in [7, 11) is 1.39. The van der Waals surface area contributed by atoms with Crippen LogP contribution in [-0.2, 0) is 28.6 Å². The predicted octanol–water partition coefficient (Wildman–Crippen LogP) is 1.86. The van der Waals surface area contributed by atoms with E-state index < -0.39 is 40.2 Å². The van der Waals surface area contributed by atoms with E-state index in [0.29, 0.717) is 32.1 Å². The molecule has 2 saturated heterocycles. The molecule has 10 atom stereocenters. The van der Waals surface area contributed by atoms with Crippen LogP contribution in [0.1, 0.15) is 65.2 Å². The van der Waals surface area contributed by atoms with Crippen LogP contribution >= 0.6 is 0 Å². The number of fused-ring (bicyclic) bond motifs is 2. The highest BCUT2D eigenvalue weighted by Crippen LogP contribution is 2.81. The number of methoxy groups -OCH3 is 1. The first kappa shape index (κ1) is 21.1. The van der Waals surface area contributed by atoms with Gasteiger partial charge in [0.2, 0.25) is 0 Å². The van der Waals surface area contributed by atoms with Gasteiger partial charge in [0.15, 0.2) is 5.78 Å². The summed E-state index contributed by atoms with van der Waals surface area (Å²) in [5.74, 6) is -1.72. The Kier molecular flexibility index (Phi) is 3.91. The van der Waals surface area contributed by atoms with Gasteiger partial charge in [-0.15, -0.1) is 0 Å². The number of epoxide rings is 2. The standard InChI is InChI=1S/C24H32O8/c1-20-11-15-24(31-15)17(13(20)4-8-22(20,29)9-6-16(26)27)12(19(28)30-3)10-23-18(32-23)14(25)5-7-21(23,24)2/h12-13,15,17-18,29H,4-11H2,1-3H3,(H,26,27)/t12-,13+,15-,17+,18-,20+,21+,22-,23-,24-/m1/s1. The number of carbonyl (C=O) groups excluding carboxylic acids is 2. The molecule has 2 spiro atoms. The van der Waals surface area contributed by atoms with Gasteiger partial charge in [0.25, 0.3) is 0 Å². The van der Waals surface area contributed by atoms with Crippen LogP contribution in [0.2, 0.25) is 0 Å². The smallest absolute Gasteiger partial charge is 0.309 e. The van der Waals surface area contributed by atoms with Crippen molar-refractivity contribution in [1.82, 2.24) is 0 Å². The summed E-state index contributed by atoms with van der Waals surface area (Å²) < 4.78 is 18.0. The zero-order chi connectivity index (χ0) is 22.9. The highest BCUT2D eigenvalue weighted by molar-refractivity contribution is 5.89. The van der Waals surface area contributed by atoms with Crippen LogP contribution < -0.4 is 0 Å². The second-order valence-corrected chi connectivity index (χ2v) is 11.6. The van der Waals surface area contributed by atoms with Gasteiger partial charge >= 0.3 is 11.9 Å². The number of ether oxygens (including phenoxy) is 3. The Morgan fingerprint density at radius 3 is 2.62 bits per heavy atom. The minimum Gasteiger partial charge on any atom is -0.481 e. The molecular weight excluding hydrogens is 416 g/mol. The molecule has 4 aliphatic carbocycles. The van der Waals surface area contributed by atoms with Gasteiger partial charge < -0.3 is 24.4 Å². The molecule has 0 amide bonds.